The maximum absolute atomic E-state index is 12.4. The molecule has 2 heterocycles. The van der Waals surface area contributed by atoms with Gasteiger partial charge in [0.05, 0.1) is 4.75 Å². The summed E-state index contributed by atoms with van der Waals surface area (Å²) in [7, 11) is -1.43. The Morgan fingerprint density at radius 3 is 2.50 bits per heavy atom. The van der Waals surface area contributed by atoms with Crippen LogP contribution in [0.3, 0.4) is 0 Å². The molecule has 164 valence electrons. The lowest BCUT2D eigenvalue weighted by molar-refractivity contribution is 0.0756. The van der Waals surface area contributed by atoms with Crippen LogP contribution in [0, 0.1) is 5.92 Å². The van der Waals surface area contributed by atoms with Gasteiger partial charge in [-0.2, -0.15) is 0 Å². The van der Waals surface area contributed by atoms with Crippen molar-refractivity contribution < 1.29 is 13.2 Å². The molecule has 1 saturated carbocycles. The number of likely N-dealkylation sites (tertiary alicyclic amines) is 1. The first-order valence-corrected chi connectivity index (χ1v) is 12.3. The number of rotatable bonds is 6. The minimum atomic E-state index is -3.17. The summed E-state index contributed by atoms with van der Waals surface area (Å²) in [5, 5.41) is 6.79. The van der Waals surface area contributed by atoms with Crippen molar-refractivity contribution in [1.82, 2.24) is 15.5 Å². The van der Waals surface area contributed by atoms with E-state index >= 15 is 0 Å². The standard InChI is InChI=1S/C19H36N4O3S.HI/c1-20-18(21-15-19(27(2,24)25)8-11-26-12-9-19)22-17-7-10-23(14-17)13-16-5-3-4-6-16;/h16-17H,3-15H2,1-2H3,(H2,20,21,22);1H. The van der Waals surface area contributed by atoms with E-state index in [2.05, 4.69) is 20.5 Å². The fourth-order valence-electron chi connectivity index (χ4n) is 4.73. The van der Waals surface area contributed by atoms with E-state index in [1.54, 1.807) is 7.05 Å². The number of halogens is 1. The summed E-state index contributed by atoms with van der Waals surface area (Å²) in [4.78, 5) is 6.89. The summed E-state index contributed by atoms with van der Waals surface area (Å²) in [6.07, 6.45) is 9.08. The maximum atomic E-state index is 12.4. The second-order valence-corrected chi connectivity index (χ2v) is 10.9. The number of hydrogen-bond donors (Lipinski definition) is 2. The zero-order valence-corrected chi connectivity index (χ0v) is 20.4. The van der Waals surface area contributed by atoms with Crippen molar-refractivity contribution >= 4 is 39.8 Å². The second kappa shape index (κ2) is 10.8. The molecule has 0 aromatic rings. The monoisotopic (exact) mass is 528 g/mol. The Labute approximate surface area is 187 Å². The van der Waals surface area contributed by atoms with Crippen molar-refractivity contribution in [3.63, 3.8) is 0 Å². The summed E-state index contributed by atoms with van der Waals surface area (Å²) >= 11 is 0. The van der Waals surface area contributed by atoms with E-state index in [1.807, 2.05) is 0 Å². The molecule has 0 bridgehead atoms. The van der Waals surface area contributed by atoms with Gasteiger partial charge in [0.2, 0.25) is 0 Å². The predicted octanol–water partition coefficient (Wildman–Crippen LogP) is 1.63. The summed E-state index contributed by atoms with van der Waals surface area (Å²) in [5.41, 5.74) is 0. The third-order valence-corrected chi connectivity index (χ3v) is 8.72. The molecular formula is C19H37IN4O3S. The van der Waals surface area contributed by atoms with E-state index in [4.69, 9.17) is 4.74 Å². The molecule has 3 fully saturated rings. The molecule has 1 unspecified atom stereocenters. The highest BCUT2D eigenvalue weighted by Gasteiger charge is 2.42. The smallest absolute Gasteiger partial charge is 0.191 e. The Morgan fingerprint density at radius 1 is 1.21 bits per heavy atom. The van der Waals surface area contributed by atoms with Gasteiger partial charge < -0.3 is 20.3 Å². The van der Waals surface area contributed by atoms with Crippen LogP contribution in [-0.4, -0.2) is 82.8 Å². The van der Waals surface area contributed by atoms with Crippen molar-refractivity contribution in [2.24, 2.45) is 10.9 Å². The fraction of sp³-hybridized carbons (Fsp3) is 0.947. The quantitative estimate of drug-likeness (QED) is 0.310. The summed E-state index contributed by atoms with van der Waals surface area (Å²) in [6.45, 7) is 4.78. The number of hydrogen-bond acceptors (Lipinski definition) is 5. The molecule has 3 aliphatic rings. The zero-order chi connectivity index (χ0) is 19.3. The van der Waals surface area contributed by atoms with Gasteiger partial charge in [0.15, 0.2) is 15.8 Å². The summed E-state index contributed by atoms with van der Waals surface area (Å²) < 4.78 is 29.4. The van der Waals surface area contributed by atoms with Gasteiger partial charge in [-0.1, -0.05) is 12.8 Å². The van der Waals surface area contributed by atoms with Crippen LogP contribution in [0.25, 0.3) is 0 Å². The molecule has 2 saturated heterocycles. The molecule has 2 aliphatic heterocycles. The van der Waals surface area contributed by atoms with Crippen LogP contribution in [0.5, 0.6) is 0 Å². The van der Waals surface area contributed by atoms with Crippen molar-refractivity contribution in [3.05, 3.63) is 0 Å². The largest absolute Gasteiger partial charge is 0.381 e. The van der Waals surface area contributed by atoms with Gasteiger partial charge in [0.1, 0.15) is 0 Å². The average Bonchev–Trinajstić information content (AvgIpc) is 3.31. The first-order chi connectivity index (χ1) is 12.9. The first-order valence-electron chi connectivity index (χ1n) is 10.4. The predicted molar refractivity (Wildman–Crippen MR) is 124 cm³/mol. The molecule has 0 radical (unpaired) electrons. The molecule has 3 rings (SSSR count). The molecule has 7 nitrogen and oxygen atoms in total. The third kappa shape index (κ3) is 6.18. The molecule has 0 amide bonds. The van der Waals surface area contributed by atoms with Crippen LogP contribution >= 0.6 is 24.0 Å². The van der Waals surface area contributed by atoms with E-state index in [1.165, 1.54) is 38.5 Å². The second-order valence-electron chi connectivity index (χ2n) is 8.53. The zero-order valence-electron chi connectivity index (χ0n) is 17.3. The van der Waals surface area contributed by atoms with E-state index < -0.39 is 14.6 Å². The van der Waals surface area contributed by atoms with Gasteiger partial charge in [-0.3, -0.25) is 4.99 Å². The molecule has 28 heavy (non-hydrogen) atoms. The SMILES string of the molecule is CN=C(NCC1(S(C)(=O)=O)CCOCC1)NC1CCN(CC2CCCC2)C1.I. The summed E-state index contributed by atoms with van der Waals surface area (Å²) in [6, 6.07) is 0.376. The number of ether oxygens (including phenoxy) is 1. The molecule has 0 aromatic heterocycles. The third-order valence-electron chi connectivity index (χ3n) is 6.60. The average molecular weight is 529 g/mol. The van der Waals surface area contributed by atoms with E-state index in [0.717, 1.165) is 25.4 Å². The topological polar surface area (TPSA) is 83.0 Å². The van der Waals surface area contributed by atoms with Gasteiger partial charge in [0.25, 0.3) is 0 Å². The highest BCUT2D eigenvalue weighted by Crippen LogP contribution is 2.29. The fourth-order valence-corrected chi connectivity index (χ4v) is 5.97. The number of nitrogens with one attached hydrogen (secondary N) is 2. The number of sulfone groups is 1. The number of nitrogens with zero attached hydrogens (tertiary/aromatic N) is 2. The number of aliphatic imine (C=N–C) groups is 1. The molecular weight excluding hydrogens is 491 g/mol. The van der Waals surface area contributed by atoms with Crippen molar-refractivity contribution in [3.8, 4) is 0 Å². The minimum Gasteiger partial charge on any atom is -0.381 e. The molecule has 2 N–H and O–H groups in total. The Balaban J connectivity index is 0.00000280. The lowest BCUT2D eigenvalue weighted by atomic mass is 9.99. The maximum Gasteiger partial charge on any atom is 0.191 e. The molecule has 0 aromatic carbocycles. The number of guanidine groups is 1. The van der Waals surface area contributed by atoms with E-state index in [0.29, 0.717) is 44.6 Å². The highest BCUT2D eigenvalue weighted by molar-refractivity contribution is 14.0. The Bertz CT molecular complexity index is 617. The van der Waals surface area contributed by atoms with Gasteiger partial charge in [-0.05, 0) is 38.0 Å². The van der Waals surface area contributed by atoms with Crippen molar-refractivity contribution in [1.29, 1.82) is 0 Å². The van der Waals surface area contributed by atoms with Crippen LogP contribution in [-0.2, 0) is 14.6 Å². The van der Waals surface area contributed by atoms with Crippen LogP contribution in [0.4, 0.5) is 0 Å². The Kier molecular flexibility index (Phi) is 9.28. The van der Waals surface area contributed by atoms with E-state index in [9.17, 15) is 8.42 Å². The van der Waals surface area contributed by atoms with Crippen LogP contribution in [0.2, 0.25) is 0 Å². The molecule has 9 heteroatoms. The van der Waals surface area contributed by atoms with Crippen LogP contribution < -0.4 is 10.6 Å². The normalized spacial score (nSPS) is 26.8. The highest BCUT2D eigenvalue weighted by atomic mass is 127. The van der Waals surface area contributed by atoms with Gasteiger partial charge >= 0.3 is 0 Å². The van der Waals surface area contributed by atoms with E-state index in [-0.39, 0.29) is 24.0 Å². The van der Waals surface area contributed by atoms with Crippen molar-refractivity contribution in [2.45, 2.75) is 55.7 Å². The molecule has 0 spiro atoms. The van der Waals surface area contributed by atoms with Crippen LogP contribution in [0.15, 0.2) is 4.99 Å². The van der Waals surface area contributed by atoms with Gasteiger partial charge in [-0.15, -0.1) is 24.0 Å². The van der Waals surface area contributed by atoms with Crippen molar-refractivity contribution in [2.75, 3.05) is 52.7 Å². The summed E-state index contributed by atoms with van der Waals surface area (Å²) in [5.74, 6) is 1.58. The minimum absolute atomic E-state index is 0. The Hall–Kier alpha value is -0.130. The van der Waals surface area contributed by atoms with Gasteiger partial charge in [-0.25, -0.2) is 8.42 Å². The first kappa shape index (κ1) is 24.1. The van der Waals surface area contributed by atoms with Crippen LogP contribution in [0.1, 0.15) is 44.9 Å². The lowest BCUT2D eigenvalue weighted by Gasteiger charge is -2.36. The lowest BCUT2D eigenvalue weighted by Crippen LogP contribution is -2.55. The molecule has 1 aliphatic carbocycles. The van der Waals surface area contributed by atoms with Gasteiger partial charge in [0, 0.05) is 58.7 Å². The Morgan fingerprint density at radius 2 is 1.89 bits per heavy atom. The molecule has 1 atom stereocenters.